The van der Waals surface area contributed by atoms with Gasteiger partial charge >= 0.3 is 0 Å². The molecule has 0 aliphatic heterocycles. The van der Waals surface area contributed by atoms with Crippen LogP contribution in [0.3, 0.4) is 0 Å². The minimum Gasteiger partial charge on any atom is -0.394 e. The highest BCUT2D eigenvalue weighted by molar-refractivity contribution is 5.97. The maximum Gasteiger partial charge on any atom is 0.254 e. The van der Waals surface area contributed by atoms with Gasteiger partial charge in [0, 0.05) is 24.5 Å². The van der Waals surface area contributed by atoms with E-state index in [-0.39, 0.29) is 35.9 Å². The van der Waals surface area contributed by atoms with Gasteiger partial charge in [-0.05, 0) is 30.5 Å². The summed E-state index contributed by atoms with van der Waals surface area (Å²) in [6, 6.07) is 6.78. The number of amides is 2. The summed E-state index contributed by atoms with van der Waals surface area (Å²) in [7, 11) is 0. The van der Waals surface area contributed by atoms with E-state index < -0.39 is 5.91 Å². The van der Waals surface area contributed by atoms with Crippen LogP contribution in [0, 0.1) is 5.92 Å². The van der Waals surface area contributed by atoms with Gasteiger partial charge in [0.25, 0.3) is 5.91 Å². The van der Waals surface area contributed by atoms with Gasteiger partial charge in [0.1, 0.15) is 5.82 Å². The number of benzene rings is 1. The van der Waals surface area contributed by atoms with Crippen molar-refractivity contribution in [2.24, 2.45) is 11.7 Å². The molecule has 0 aliphatic rings. The number of nitrogens with one attached hydrogen (secondary N) is 3. The second-order valence-corrected chi connectivity index (χ2v) is 6.86. The van der Waals surface area contributed by atoms with Crippen LogP contribution in [-0.4, -0.2) is 39.5 Å². The molecule has 1 aromatic heterocycles. The SMILES string of the molecule is CC(=O)Nc1cccc(Nc2ncc(C(N)=O)c(NC(CO)CC(C)C)n2)c1. The second kappa shape index (κ2) is 9.65. The molecule has 2 aromatic rings. The Bertz CT molecular complexity index is 840. The fourth-order valence-electron chi connectivity index (χ4n) is 2.68. The first-order valence-corrected chi connectivity index (χ1v) is 8.97. The van der Waals surface area contributed by atoms with Gasteiger partial charge in [-0.25, -0.2) is 4.98 Å². The van der Waals surface area contributed by atoms with Crippen LogP contribution in [0.25, 0.3) is 0 Å². The van der Waals surface area contributed by atoms with Crippen molar-refractivity contribution in [1.82, 2.24) is 9.97 Å². The van der Waals surface area contributed by atoms with Crippen LogP contribution in [-0.2, 0) is 4.79 Å². The Morgan fingerprint density at radius 2 is 1.96 bits per heavy atom. The van der Waals surface area contributed by atoms with Crippen LogP contribution in [0.5, 0.6) is 0 Å². The maximum atomic E-state index is 11.7. The van der Waals surface area contributed by atoms with Crippen molar-refractivity contribution in [1.29, 1.82) is 0 Å². The first-order valence-electron chi connectivity index (χ1n) is 8.97. The zero-order chi connectivity index (χ0) is 20.7. The van der Waals surface area contributed by atoms with Crippen molar-refractivity contribution in [3.05, 3.63) is 36.0 Å². The van der Waals surface area contributed by atoms with Gasteiger partial charge in [-0.3, -0.25) is 9.59 Å². The highest BCUT2D eigenvalue weighted by atomic mass is 16.3. The van der Waals surface area contributed by atoms with Gasteiger partial charge in [-0.2, -0.15) is 4.98 Å². The molecule has 0 aliphatic carbocycles. The number of hydrogen-bond donors (Lipinski definition) is 5. The summed E-state index contributed by atoms with van der Waals surface area (Å²) < 4.78 is 0. The van der Waals surface area contributed by atoms with Crippen LogP contribution < -0.4 is 21.7 Å². The molecular weight excluding hydrogens is 360 g/mol. The van der Waals surface area contributed by atoms with Gasteiger partial charge in [0.15, 0.2) is 0 Å². The molecule has 0 saturated heterocycles. The van der Waals surface area contributed by atoms with Gasteiger partial charge in [-0.15, -0.1) is 0 Å². The number of carbonyl (C=O) groups is 2. The Balaban J connectivity index is 2.26. The normalized spacial score (nSPS) is 11.8. The molecule has 1 unspecified atom stereocenters. The number of aromatic nitrogens is 2. The Labute approximate surface area is 163 Å². The molecule has 0 radical (unpaired) electrons. The lowest BCUT2D eigenvalue weighted by Gasteiger charge is -2.20. The van der Waals surface area contributed by atoms with Gasteiger partial charge in [0.2, 0.25) is 11.9 Å². The summed E-state index contributed by atoms with van der Waals surface area (Å²) in [4.78, 5) is 31.4. The molecule has 9 heteroatoms. The van der Waals surface area contributed by atoms with E-state index in [1.807, 2.05) is 13.8 Å². The first kappa shape index (κ1) is 21.1. The average Bonchev–Trinajstić information content (AvgIpc) is 2.60. The Morgan fingerprint density at radius 3 is 2.57 bits per heavy atom. The number of primary amides is 1. The molecular formula is C19H26N6O3. The molecule has 0 saturated carbocycles. The van der Waals surface area contributed by atoms with Crippen molar-refractivity contribution >= 4 is 35.0 Å². The van der Waals surface area contributed by atoms with Gasteiger partial charge in [-0.1, -0.05) is 19.9 Å². The van der Waals surface area contributed by atoms with Gasteiger partial charge < -0.3 is 26.8 Å². The molecule has 9 nitrogen and oxygen atoms in total. The summed E-state index contributed by atoms with van der Waals surface area (Å²) in [5, 5.41) is 18.4. The van der Waals surface area contributed by atoms with E-state index in [1.54, 1.807) is 24.3 Å². The lowest BCUT2D eigenvalue weighted by molar-refractivity contribution is -0.114. The fraction of sp³-hybridized carbons (Fsp3) is 0.368. The van der Waals surface area contributed by atoms with E-state index >= 15 is 0 Å². The highest BCUT2D eigenvalue weighted by Gasteiger charge is 2.17. The van der Waals surface area contributed by atoms with Crippen molar-refractivity contribution in [3.63, 3.8) is 0 Å². The Morgan fingerprint density at radius 1 is 1.25 bits per heavy atom. The Kier molecular flexibility index (Phi) is 7.28. The van der Waals surface area contributed by atoms with Crippen LogP contribution in [0.1, 0.15) is 37.6 Å². The van der Waals surface area contributed by atoms with E-state index in [0.29, 0.717) is 23.7 Å². The van der Waals surface area contributed by atoms with E-state index in [4.69, 9.17) is 5.73 Å². The number of carbonyl (C=O) groups excluding carboxylic acids is 2. The number of hydrogen-bond acceptors (Lipinski definition) is 7. The van der Waals surface area contributed by atoms with Crippen LogP contribution in [0.2, 0.25) is 0 Å². The standard InChI is InChI=1S/C19H26N6O3/c1-11(2)7-15(10-26)23-18-16(17(20)28)9-21-19(25-18)24-14-6-4-5-13(8-14)22-12(3)27/h4-6,8-9,11,15,26H,7,10H2,1-3H3,(H2,20,28)(H,22,27)(H2,21,23,24,25). The average molecular weight is 386 g/mol. The zero-order valence-electron chi connectivity index (χ0n) is 16.2. The molecule has 2 amide bonds. The predicted molar refractivity (Wildman–Crippen MR) is 109 cm³/mol. The summed E-state index contributed by atoms with van der Waals surface area (Å²) in [6.07, 6.45) is 2.03. The van der Waals surface area contributed by atoms with E-state index in [1.165, 1.54) is 13.1 Å². The third kappa shape index (κ3) is 6.20. The fourth-order valence-corrected chi connectivity index (χ4v) is 2.68. The van der Waals surface area contributed by atoms with E-state index in [9.17, 15) is 14.7 Å². The monoisotopic (exact) mass is 386 g/mol. The first-order chi connectivity index (χ1) is 13.3. The number of aliphatic hydroxyl groups is 1. The molecule has 0 fully saturated rings. The minimum atomic E-state index is -0.664. The number of anilines is 4. The lowest BCUT2D eigenvalue weighted by atomic mass is 10.0. The number of nitrogens with two attached hydrogens (primary N) is 1. The van der Waals surface area contributed by atoms with Crippen molar-refractivity contribution < 1.29 is 14.7 Å². The van der Waals surface area contributed by atoms with Crippen molar-refractivity contribution in [3.8, 4) is 0 Å². The molecule has 1 heterocycles. The highest BCUT2D eigenvalue weighted by Crippen LogP contribution is 2.21. The van der Waals surface area contributed by atoms with Crippen LogP contribution >= 0.6 is 0 Å². The molecule has 1 atom stereocenters. The van der Waals surface area contributed by atoms with Crippen molar-refractivity contribution in [2.75, 3.05) is 22.6 Å². The lowest BCUT2D eigenvalue weighted by Crippen LogP contribution is -2.28. The van der Waals surface area contributed by atoms with Crippen molar-refractivity contribution in [2.45, 2.75) is 33.2 Å². The summed E-state index contributed by atoms with van der Waals surface area (Å²) in [5.41, 5.74) is 6.84. The predicted octanol–water partition coefficient (Wildman–Crippen LogP) is 2.10. The largest absolute Gasteiger partial charge is 0.394 e. The third-order valence-corrected chi connectivity index (χ3v) is 3.81. The van der Waals surface area contributed by atoms with E-state index in [0.717, 1.165) is 0 Å². The smallest absolute Gasteiger partial charge is 0.254 e. The molecule has 0 spiro atoms. The molecule has 150 valence electrons. The Hall–Kier alpha value is -3.20. The second-order valence-electron chi connectivity index (χ2n) is 6.86. The van der Waals surface area contributed by atoms with Crippen LogP contribution in [0.4, 0.5) is 23.1 Å². The molecule has 1 aromatic carbocycles. The number of aliphatic hydroxyl groups excluding tert-OH is 1. The number of rotatable bonds is 9. The minimum absolute atomic E-state index is 0.109. The number of nitrogens with zero attached hydrogens (tertiary/aromatic N) is 2. The molecule has 6 N–H and O–H groups in total. The quantitative estimate of drug-likeness (QED) is 0.444. The topological polar surface area (TPSA) is 142 Å². The zero-order valence-corrected chi connectivity index (χ0v) is 16.2. The van der Waals surface area contributed by atoms with E-state index in [2.05, 4.69) is 25.9 Å². The summed E-state index contributed by atoms with van der Waals surface area (Å²) >= 11 is 0. The summed E-state index contributed by atoms with van der Waals surface area (Å²) in [5.74, 6) is 0.00268. The molecule has 28 heavy (non-hydrogen) atoms. The maximum absolute atomic E-state index is 11.7. The van der Waals surface area contributed by atoms with Gasteiger partial charge in [0.05, 0.1) is 18.2 Å². The summed E-state index contributed by atoms with van der Waals surface area (Å²) in [6.45, 7) is 5.39. The van der Waals surface area contributed by atoms with Crippen LogP contribution in [0.15, 0.2) is 30.5 Å². The third-order valence-electron chi connectivity index (χ3n) is 3.81. The molecule has 0 bridgehead atoms. The molecule has 2 rings (SSSR count).